The van der Waals surface area contributed by atoms with Crippen LogP contribution in [0.5, 0.6) is 5.75 Å². The lowest BCUT2D eigenvalue weighted by atomic mass is 10.0. The lowest BCUT2D eigenvalue weighted by molar-refractivity contribution is 0.0931. The molecule has 0 spiro atoms. The van der Waals surface area contributed by atoms with Crippen molar-refractivity contribution in [3.05, 3.63) is 42.0 Å². The molecule has 0 aromatic heterocycles. The Morgan fingerprint density at radius 2 is 2.00 bits per heavy atom. The molecule has 1 heterocycles. The highest BCUT2D eigenvalue weighted by Crippen LogP contribution is 2.28. The summed E-state index contributed by atoms with van der Waals surface area (Å²) in [6.45, 7) is 1.93. The van der Waals surface area contributed by atoms with Crippen LogP contribution in [-0.2, 0) is 0 Å². The lowest BCUT2D eigenvalue weighted by Crippen LogP contribution is -2.35. The van der Waals surface area contributed by atoms with Gasteiger partial charge >= 0.3 is 0 Å². The number of phenols is 1. The fourth-order valence-electron chi connectivity index (χ4n) is 2.86. The van der Waals surface area contributed by atoms with E-state index in [0.29, 0.717) is 10.9 Å². The van der Waals surface area contributed by atoms with Crippen LogP contribution in [0.4, 0.5) is 0 Å². The van der Waals surface area contributed by atoms with Crippen LogP contribution in [-0.4, -0.2) is 30.1 Å². The van der Waals surface area contributed by atoms with E-state index in [9.17, 15) is 9.90 Å². The third-order valence-electron chi connectivity index (χ3n) is 4.06. The van der Waals surface area contributed by atoms with Gasteiger partial charge in [0.25, 0.3) is 5.91 Å². The van der Waals surface area contributed by atoms with Crippen LogP contribution in [0.15, 0.2) is 36.4 Å². The quantitative estimate of drug-likeness (QED) is 0.793. The van der Waals surface area contributed by atoms with Gasteiger partial charge in [0, 0.05) is 11.4 Å². The number of carbonyl (C=O) groups excluding carboxylic acids is 1. The van der Waals surface area contributed by atoms with Crippen LogP contribution < -0.4 is 10.6 Å². The summed E-state index contributed by atoms with van der Waals surface area (Å²) in [6.07, 6.45) is 2.97. The fourth-order valence-corrected chi connectivity index (χ4v) is 2.86. The summed E-state index contributed by atoms with van der Waals surface area (Å²) in [5, 5.41) is 18.3. The molecule has 4 heteroatoms. The van der Waals surface area contributed by atoms with E-state index in [2.05, 4.69) is 10.6 Å². The lowest BCUT2D eigenvalue weighted by Gasteiger charge is -2.16. The number of carbonyl (C=O) groups is 1. The Labute approximate surface area is 124 Å². The standard InChI is InChI=1S/C17H20N2O2/c20-16-14-6-2-1-4-12(14)7-8-15(16)17(21)19-13-5-3-10-18-11-9-13/h1-2,4,6-8,13,18,20H,3,5,9-11H2,(H,19,21). The Balaban J connectivity index is 1.82. The summed E-state index contributed by atoms with van der Waals surface area (Å²) in [6, 6.07) is 11.3. The average Bonchev–Trinajstić information content (AvgIpc) is 2.76. The molecule has 1 amide bonds. The maximum atomic E-state index is 12.4. The van der Waals surface area contributed by atoms with Crippen LogP contribution in [0.2, 0.25) is 0 Å². The highest BCUT2D eigenvalue weighted by molar-refractivity contribution is 6.03. The first-order valence-electron chi connectivity index (χ1n) is 7.48. The minimum atomic E-state index is -0.190. The molecule has 1 atom stereocenters. The van der Waals surface area contributed by atoms with Crippen molar-refractivity contribution in [1.29, 1.82) is 0 Å². The number of hydrogen-bond donors (Lipinski definition) is 3. The molecule has 1 saturated heterocycles. The minimum Gasteiger partial charge on any atom is -0.506 e. The van der Waals surface area contributed by atoms with E-state index in [1.165, 1.54) is 0 Å². The zero-order valence-electron chi connectivity index (χ0n) is 11.9. The van der Waals surface area contributed by atoms with Crippen molar-refractivity contribution in [2.24, 2.45) is 0 Å². The van der Waals surface area contributed by atoms with Crippen molar-refractivity contribution >= 4 is 16.7 Å². The number of fused-ring (bicyclic) bond motifs is 1. The second-order valence-corrected chi connectivity index (χ2v) is 5.53. The molecular formula is C17H20N2O2. The molecule has 21 heavy (non-hydrogen) atoms. The van der Waals surface area contributed by atoms with Gasteiger partial charge in [-0.1, -0.05) is 30.3 Å². The summed E-state index contributed by atoms with van der Waals surface area (Å²) < 4.78 is 0. The summed E-state index contributed by atoms with van der Waals surface area (Å²) in [4.78, 5) is 12.4. The first-order chi connectivity index (χ1) is 10.3. The van der Waals surface area contributed by atoms with E-state index < -0.39 is 0 Å². The van der Waals surface area contributed by atoms with E-state index in [0.717, 1.165) is 37.7 Å². The second-order valence-electron chi connectivity index (χ2n) is 5.53. The smallest absolute Gasteiger partial charge is 0.255 e. The summed E-state index contributed by atoms with van der Waals surface area (Å²) in [5.41, 5.74) is 0.353. The Bertz CT molecular complexity index is 646. The van der Waals surface area contributed by atoms with Gasteiger partial charge in [-0.25, -0.2) is 0 Å². The zero-order valence-corrected chi connectivity index (χ0v) is 11.9. The Morgan fingerprint density at radius 1 is 1.14 bits per heavy atom. The number of amides is 1. The van der Waals surface area contributed by atoms with Gasteiger partial charge in [0.1, 0.15) is 5.75 Å². The predicted molar refractivity (Wildman–Crippen MR) is 83.6 cm³/mol. The first kappa shape index (κ1) is 13.9. The fraction of sp³-hybridized carbons (Fsp3) is 0.353. The van der Waals surface area contributed by atoms with Crippen molar-refractivity contribution in [2.75, 3.05) is 13.1 Å². The molecule has 3 rings (SSSR count). The van der Waals surface area contributed by atoms with E-state index in [4.69, 9.17) is 0 Å². The summed E-state index contributed by atoms with van der Waals surface area (Å²) >= 11 is 0. The monoisotopic (exact) mass is 284 g/mol. The first-order valence-corrected chi connectivity index (χ1v) is 7.48. The molecule has 3 N–H and O–H groups in total. The molecule has 1 aliphatic heterocycles. The van der Waals surface area contributed by atoms with Crippen molar-refractivity contribution in [2.45, 2.75) is 25.3 Å². The number of aromatic hydroxyl groups is 1. The van der Waals surface area contributed by atoms with Gasteiger partial charge in [0.05, 0.1) is 5.56 Å². The van der Waals surface area contributed by atoms with E-state index in [1.54, 1.807) is 6.07 Å². The van der Waals surface area contributed by atoms with Gasteiger partial charge in [-0.05, 0) is 43.8 Å². The number of nitrogens with one attached hydrogen (secondary N) is 2. The molecule has 1 aliphatic rings. The molecule has 0 bridgehead atoms. The molecule has 2 aromatic rings. The highest BCUT2D eigenvalue weighted by Gasteiger charge is 2.18. The third-order valence-corrected chi connectivity index (χ3v) is 4.06. The normalized spacial score (nSPS) is 19.1. The maximum absolute atomic E-state index is 12.4. The molecular weight excluding hydrogens is 264 g/mol. The third kappa shape index (κ3) is 3.00. The average molecular weight is 284 g/mol. The predicted octanol–water partition coefficient (Wildman–Crippen LogP) is 2.42. The largest absolute Gasteiger partial charge is 0.506 e. The molecule has 110 valence electrons. The van der Waals surface area contributed by atoms with Gasteiger partial charge in [-0.15, -0.1) is 0 Å². The van der Waals surface area contributed by atoms with E-state index in [-0.39, 0.29) is 17.7 Å². The van der Waals surface area contributed by atoms with E-state index in [1.807, 2.05) is 30.3 Å². The van der Waals surface area contributed by atoms with E-state index >= 15 is 0 Å². The van der Waals surface area contributed by atoms with Gasteiger partial charge < -0.3 is 15.7 Å². The van der Waals surface area contributed by atoms with Crippen LogP contribution in [0.25, 0.3) is 10.8 Å². The Morgan fingerprint density at radius 3 is 2.90 bits per heavy atom. The van der Waals surface area contributed by atoms with Crippen molar-refractivity contribution in [3.63, 3.8) is 0 Å². The number of hydrogen-bond acceptors (Lipinski definition) is 3. The minimum absolute atomic E-state index is 0.0670. The second kappa shape index (κ2) is 6.14. The molecule has 1 fully saturated rings. The van der Waals surface area contributed by atoms with Gasteiger partial charge in [0.15, 0.2) is 0 Å². The number of benzene rings is 2. The number of phenolic OH excluding ortho intramolecular Hbond substituents is 1. The van der Waals surface area contributed by atoms with Crippen molar-refractivity contribution in [3.8, 4) is 5.75 Å². The Hall–Kier alpha value is -2.07. The molecule has 0 saturated carbocycles. The molecule has 4 nitrogen and oxygen atoms in total. The van der Waals surface area contributed by atoms with Crippen LogP contribution in [0.1, 0.15) is 29.6 Å². The van der Waals surface area contributed by atoms with Crippen molar-refractivity contribution in [1.82, 2.24) is 10.6 Å². The zero-order chi connectivity index (χ0) is 14.7. The van der Waals surface area contributed by atoms with Crippen LogP contribution in [0.3, 0.4) is 0 Å². The SMILES string of the molecule is O=C(NC1CCCNCC1)c1ccc2ccccc2c1O. The number of rotatable bonds is 2. The van der Waals surface area contributed by atoms with Crippen LogP contribution in [0, 0.1) is 0 Å². The molecule has 0 radical (unpaired) electrons. The Kier molecular flexibility index (Phi) is 4.06. The topological polar surface area (TPSA) is 61.4 Å². The highest BCUT2D eigenvalue weighted by atomic mass is 16.3. The maximum Gasteiger partial charge on any atom is 0.255 e. The summed E-state index contributed by atoms with van der Waals surface area (Å²) in [5.74, 6) is -0.123. The molecule has 2 aromatic carbocycles. The van der Waals surface area contributed by atoms with Crippen LogP contribution >= 0.6 is 0 Å². The molecule has 1 unspecified atom stereocenters. The van der Waals surface area contributed by atoms with Gasteiger partial charge in [-0.2, -0.15) is 0 Å². The van der Waals surface area contributed by atoms with Gasteiger partial charge in [-0.3, -0.25) is 4.79 Å². The van der Waals surface area contributed by atoms with Crippen molar-refractivity contribution < 1.29 is 9.90 Å². The molecule has 0 aliphatic carbocycles. The van der Waals surface area contributed by atoms with Gasteiger partial charge in [0.2, 0.25) is 0 Å². The summed E-state index contributed by atoms with van der Waals surface area (Å²) in [7, 11) is 0.